The Balaban J connectivity index is 3.15. The number of rotatable bonds is 0. The molecule has 0 aromatic carbocycles. The molecule has 0 atom stereocenters. The molecule has 0 N–H and O–H groups in total. The minimum atomic E-state index is 0.285. The number of hydrogen-bond donors (Lipinski definition) is 0. The second-order valence-electron chi connectivity index (χ2n) is 1.25. The maximum atomic E-state index is 5.43. The van der Waals surface area contributed by atoms with E-state index in [4.69, 9.17) is 18.0 Å². The van der Waals surface area contributed by atoms with Crippen LogP contribution in [0.3, 0.4) is 0 Å². The van der Waals surface area contributed by atoms with Gasteiger partial charge in [-0.25, -0.2) is 0 Å². The summed E-state index contributed by atoms with van der Waals surface area (Å²) in [6.07, 6.45) is 6.46. The van der Waals surface area contributed by atoms with Crippen molar-refractivity contribution in [2.75, 3.05) is 0 Å². The third kappa shape index (κ3) is 0.706. The Hall–Kier alpha value is -0.870. The standard InChI is InChI=1S/C6H3ClO/c1-2-5-3-4-8-6(5)7/h1,3-4H. The van der Waals surface area contributed by atoms with Gasteiger partial charge in [-0.15, -0.1) is 6.42 Å². The van der Waals surface area contributed by atoms with Crippen LogP contribution in [-0.4, -0.2) is 0 Å². The van der Waals surface area contributed by atoms with Crippen LogP contribution in [0.4, 0.5) is 0 Å². The van der Waals surface area contributed by atoms with Crippen molar-refractivity contribution in [1.29, 1.82) is 0 Å². The molecule has 0 aliphatic rings. The molecular weight excluding hydrogens is 124 g/mol. The van der Waals surface area contributed by atoms with Crippen molar-refractivity contribution in [2.24, 2.45) is 0 Å². The fourth-order valence-electron chi connectivity index (χ4n) is 0.396. The van der Waals surface area contributed by atoms with Crippen molar-refractivity contribution < 1.29 is 4.42 Å². The van der Waals surface area contributed by atoms with Crippen LogP contribution in [0.2, 0.25) is 5.22 Å². The lowest BCUT2D eigenvalue weighted by Crippen LogP contribution is -1.61. The Morgan fingerprint density at radius 1 is 1.75 bits per heavy atom. The van der Waals surface area contributed by atoms with Crippen LogP contribution >= 0.6 is 11.6 Å². The van der Waals surface area contributed by atoms with Crippen LogP contribution in [0, 0.1) is 12.3 Å². The predicted molar refractivity (Wildman–Crippen MR) is 31.7 cm³/mol. The van der Waals surface area contributed by atoms with Crippen molar-refractivity contribution in [3.63, 3.8) is 0 Å². The largest absolute Gasteiger partial charge is 0.452 e. The highest BCUT2D eigenvalue weighted by molar-refractivity contribution is 6.29. The van der Waals surface area contributed by atoms with Gasteiger partial charge in [-0.2, -0.15) is 0 Å². The summed E-state index contributed by atoms with van der Waals surface area (Å²) >= 11 is 5.43. The molecular formula is C6H3ClO. The van der Waals surface area contributed by atoms with Gasteiger partial charge in [-0.3, -0.25) is 0 Å². The average Bonchev–Trinajstić information content (AvgIpc) is 2.14. The Kier molecular flexibility index (Phi) is 1.27. The molecule has 0 saturated carbocycles. The molecule has 1 heterocycles. The van der Waals surface area contributed by atoms with Gasteiger partial charge >= 0.3 is 0 Å². The Morgan fingerprint density at radius 2 is 2.50 bits per heavy atom. The second kappa shape index (κ2) is 1.94. The molecule has 0 amide bonds. The van der Waals surface area contributed by atoms with E-state index in [2.05, 4.69) is 10.3 Å². The fraction of sp³-hybridized carbons (Fsp3) is 0. The molecule has 0 aliphatic heterocycles. The topological polar surface area (TPSA) is 13.1 Å². The molecule has 0 radical (unpaired) electrons. The van der Waals surface area contributed by atoms with Gasteiger partial charge < -0.3 is 4.42 Å². The van der Waals surface area contributed by atoms with E-state index >= 15 is 0 Å². The Bertz CT molecular complexity index is 219. The van der Waals surface area contributed by atoms with Gasteiger partial charge in [0.05, 0.1) is 11.8 Å². The average molecular weight is 127 g/mol. The summed E-state index contributed by atoms with van der Waals surface area (Å²) in [4.78, 5) is 0. The number of hydrogen-bond acceptors (Lipinski definition) is 1. The lowest BCUT2D eigenvalue weighted by molar-refractivity contribution is 0.569. The minimum absolute atomic E-state index is 0.285. The fourth-order valence-corrected chi connectivity index (χ4v) is 0.565. The first-order valence-electron chi connectivity index (χ1n) is 2.04. The zero-order valence-corrected chi connectivity index (χ0v) is 4.77. The molecule has 0 spiro atoms. The molecule has 1 aromatic heterocycles. The number of furan rings is 1. The molecule has 1 rings (SSSR count). The SMILES string of the molecule is C#Cc1ccoc1Cl. The van der Waals surface area contributed by atoms with Gasteiger partial charge in [0.2, 0.25) is 5.22 Å². The van der Waals surface area contributed by atoms with Crippen molar-refractivity contribution in [3.05, 3.63) is 23.1 Å². The van der Waals surface area contributed by atoms with E-state index in [1.807, 2.05) is 0 Å². The first-order chi connectivity index (χ1) is 3.84. The highest BCUT2D eigenvalue weighted by atomic mass is 35.5. The van der Waals surface area contributed by atoms with Crippen molar-refractivity contribution in [2.45, 2.75) is 0 Å². The third-order valence-corrected chi connectivity index (χ3v) is 1.07. The van der Waals surface area contributed by atoms with Crippen molar-refractivity contribution >= 4 is 11.6 Å². The monoisotopic (exact) mass is 126 g/mol. The van der Waals surface area contributed by atoms with E-state index < -0.39 is 0 Å². The van der Waals surface area contributed by atoms with Crippen LogP contribution < -0.4 is 0 Å². The molecule has 2 heteroatoms. The molecule has 40 valence electrons. The first-order valence-corrected chi connectivity index (χ1v) is 2.42. The van der Waals surface area contributed by atoms with Crippen LogP contribution in [-0.2, 0) is 0 Å². The molecule has 1 nitrogen and oxygen atoms in total. The summed E-state index contributed by atoms with van der Waals surface area (Å²) in [7, 11) is 0. The van der Waals surface area contributed by atoms with E-state index in [-0.39, 0.29) is 5.22 Å². The summed E-state index contributed by atoms with van der Waals surface area (Å²) in [5.41, 5.74) is 0.603. The molecule has 0 bridgehead atoms. The lowest BCUT2D eigenvalue weighted by atomic mass is 10.4. The van der Waals surface area contributed by atoms with Gasteiger partial charge in [0.1, 0.15) is 0 Å². The molecule has 0 fully saturated rings. The van der Waals surface area contributed by atoms with Crippen LogP contribution in [0.1, 0.15) is 5.56 Å². The van der Waals surface area contributed by atoms with Crippen molar-refractivity contribution in [1.82, 2.24) is 0 Å². The van der Waals surface area contributed by atoms with E-state index in [1.165, 1.54) is 6.26 Å². The van der Waals surface area contributed by atoms with E-state index in [0.717, 1.165) is 0 Å². The molecule has 0 aliphatic carbocycles. The highest BCUT2D eigenvalue weighted by Crippen LogP contribution is 2.14. The molecule has 1 aromatic rings. The van der Waals surface area contributed by atoms with Crippen LogP contribution in [0.5, 0.6) is 0 Å². The highest BCUT2D eigenvalue weighted by Gasteiger charge is 1.95. The normalized spacial score (nSPS) is 8.50. The van der Waals surface area contributed by atoms with E-state index in [9.17, 15) is 0 Å². The Morgan fingerprint density at radius 3 is 2.75 bits per heavy atom. The zero-order chi connectivity index (χ0) is 5.98. The van der Waals surface area contributed by atoms with Gasteiger partial charge in [-0.05, 0) is 17.7 Å². The minimum Gasteiger partial charge on any atom is -0.452 e. The first kappa shape index (κ1) is 5.27. The summed E-state index contributed by atoms with van der Waals surface area (Å²) < 4.78 is 4.68. The third-order valence-electron chi connectivity index (χ3n) is 0.773. The zero-order valence-electron chi connectivity index (χ0n) is 4.02. The van der Waals surface area contributed by atoms with E-state index in [0.29, 0.717) is 5.56 Å². The summed E-state index contributed by atoms with van der Waals surface area (Å²) in [6, 6.07) is 1.64. The van der Waals surface area contributed by atoms with E-state index in [1.54, 1.807) is 6.07 Å². The summed E-state index contributed by atoms with van der Waals surface area (Å²) in [5.74, 6) is 2.35. The predicted octanol–water partition coefficient (Wildman–Crippen LogP) is 1.91. The maximum absolute atomic E-state index is 5.43. The van der Waals surface area contributed by atoms with Crippen LogP contribution in [0.25, 0.3) is 0 Å². The van der Waals surface area contributed by atoms with Crippen LogP contribution in [0.15, 0.2) is 16.7 Å². The number of halogens is 1. The van der Waals surface area contributed by atoms with Gasteiger partial charge in [-0.1, -0.05) is 5.92 Å². The summed E-state index contributed by atoms with van der Waals surface area (Å²) in [5, 5.41) is 0.285. The maximum Gasteiger partial charge on any atom is 0.208 e. The van der Waals surface area contributed by atoms with Gasteiger partial charge in [0.25, 0.3) is 0 Å². The molecule has 0 unspecified atom stereocenters. The lowest BCUT2D eigenvalue weighted by Gasteiger charge is -1.75. The quantitative estimate of drug-likeness (QED) is 0.484. The van der Waals surface area contributed by atoms with Gasteiger partial charge in [0, 0.05) is 0 Å². The summed E-state index contributed by atoms with van der Waals surface area (Å²) in [6.45, 7) is 0. The smallest absolute Gasteiger partial charge is 0.208 e. The van der Waals surface area contributed by atoms with Gasteiger partial charge in [0.15, 0.2) is 0 Å². The molecule has 8 heavy (non-hydrogen) atoms. The Labute approximate surface area is 52.3 Å². The molecule has 0 saturated heterocycles. The number of terminal acetylenes is 1. The van der Waals surface area contributed by atoms with Crippen molar-refractivity contribution in [3.8, 4) is 12.3 Å². The second-order valence-corrected chi connectivity index (χ2v) is 1.60.